The molecule has 3 aromatic carbocycles. The highest BCUT2D eigenvalue weighted by Crippen LogP contribution is 2.49. The first-order chi connectivity index (χ1) is 34.2. The SMILES string of the molecule is CC(C)(C)c1cc(C(CCCC(=O)[O-])(C(=O)[O-])c2cc(C(C)(C)C)c(O)c(C(C)(C)C)c2)cc(C(C)(C)C)c1O.CCCCCCCCCCCCCCCCC(C(=O)[O-])c1cc(C(C)(C)C)c(O)c(C(C)(C)C)c1. The number of hydrogen-bond acceptors (Lipinski definition) is 9. The van der Waals surface area contributed by atoms with Gasteiger partial charge >= 0.3 is 0 Å². The summed E-state index contributed by atoms with van der Waals surface area (Å²) in [7, 11) is 0. The van der Waals surface area contributed by atoms with Gasteiger partial charge in [0.1, 0.15) is 17.2 Å². The van der Waals surface area contributed by atoms with Crippen molar-refractivity contribution >= 4 is 17.9 Å². The van der Waals surface area contributed by atoms with E-state index in [1.807, 2.05) is 95.2 Å². The number of carbonyl (C=O) groups excluding carboxylic acids is 3. The van der Waals surface area contributed by atoms with Gasteiger partial charge in [0.05, 0.1) is 11.4 Å². The minimum atomic E-state index is -1.77. The topological polar surface area (TPSA) is 181 Å². The number of phenolic OH excluding ortho intramolecular Hbond substituents is 3. The Kier molecular flexibility index (Phi) is 24.1. The van der Waals surface area contributed by atoms with Crippen molar-refractivity contribution in [1.82, 2.24) is 0 Å². The summed E-state index contributed by atoms with van der Waals surface area (Å²) in [4.78, 5) is 37.0. The van der Waals surface area contributed by atoms with Crippen molar-refractivity contribution in [2.45, 2.75) is 291 Å². The van der Waals surface area contributed by atoms with Crippen LogP contribution in [0.4, 0.5) is 0 Å². The van der Waals surface area contributed by atoms with E-state index in [0.717, 1.165) is 29.5 Å². The van der Waals surface area contributed by atoms with E-state index in [4.69, 9.17) is 0 Å². The van der Waals surface area contributed by atoms with E-state index in [2.05, 4.69) is 48.5 Å². The van der Waals surface area contributed by atoms with Gasteiger partial charge in [-0.1, -0.05) is 258 Å². The molecular formula is C66H103O9-3. The smallest absolute Gasteiger partial charge is 0.123 e. The molecule has 0 fully saturated rings. The number of unbranched alkanes of at least 4 members (excludes halogenated alkanes) is 13. The van der Waals surface area contributed by atoms with E-state index in [-0.39, 0.29) is 41.6 Å². The second-order valence-electron chi connectivity index (χ2n) is 28.0. The second kappa shape index (κ2) is 27.2. The zero-order chi connectivity index (χ0) is 57.7. The molecule has 1 unspecified atom stereocenters. The van der Waals surface area contributed by atoms with E-state index in [1.165, 1.54) is 77.0 Å². The van der Waals surface area contributed by atoms with Crippen LogP contribution < -0.4 is 15.3 Å². The molecule has 9 nitrogen and oxygen atoms in total. The summed E-state index contributed by atoms with van der Waals surface area (Å²) in [5, 5.41) is 70.7. The van der Waals surface area contributed by atoms with Crippen molar-refractivity contribution in [2.24, 2.45) is 0 Å². The van der Waals surface area contributed by atoms with Gasteiger partial charge in [0.15, 0.2) is 0 Å². The van der Waals surface area contributed by atoms with Gasteiger partial charge in [-0.15, -0.1) is 0 Å². The summed E-state index contributed by atoms with van der Waals surface area (Å²) in [6, 6.07) is 10.7. The summed E-state index contributed by atoms with van der Waals surface area (Å²) in [6.07, 6.45) is 18.3. The van der Waals surface area contributed by atoms with Gasteiger partial charge in [0.2, 0.25) is 0 Å². The van der Waals surface area contributed by atoms with Crippen LogP contribution in [0.3, 0.4) is 0 Å². The lowest BCUT2D eigenvalue weighted by Gasteiger charge is -2.40. The zero-order valence-corrected chi connectivity index (χ0v) is 50.6. The van der Waals surface area contributed by atoms with Gasteiger partial charge in [0, 0.05) is 17.9 Å². The standard InChI is InChI=1S/C34H50O6.C32H56O3/c1-30(2,3)22-16-20(17-23(27(22)37)31(4,5)6)34(29(39)40,15-13-14-26(35)36)21-18-24(32(7,8)9)28(38)25(19-21)33(10,11)12;1-8-9-10-11-12-13-14-15-16-17-18-19-20-21-22-26(30(34)35)25-23-27(31(2,3)4)29(33)28(24-25)32(5,6)7/h16-19,37-38H,13-15H2,1-12H3,(H,35,36)(H,39,40);23-24,26,33H,8-22H2,1-7H3,(H,34,35)/p-3. The Morgan fingerprint density at radius 3 is 0.920 bits per heavy atom. The Balaban J connectivity index is 0.000000518. The lowest BCUT2D eigenvalue weighted by molar-refractivity contribution is -0.313. The molecular weight excluding hydrogens is 937 g/mol. The van der Waals surface area contributed by atoms with E-state index in [1.54, 1.807) is 24.3 Å². The number of phenols is 3. The molecule has 0 aliphatic carbocycles. The van der Waals surface area contributed by atoms with Crippen LogP contribution in [0, 0.1) is 0 Å². The van der Waals surface area contributed by atoms with Crippen LogP contribution in [0.1, 0.15) is 303 Å². The van der Waals surface area contributed by atoms with Crippen LogP contribution in [-0.2, 0) is 52.3 Å². The Morgan fingerprint density at radius 2 is 0.680 bits per heavy atom. The van der Waals surface area contributed by atoms with Crippen molar-refractivity contribution in [3.05, 3.63) is 86.5 Å². The van der Waals surface area contributed by atoms with Crippen molar-refractivity contribution in [2.75, 3.05) is 0 Å². The molecule has 75 heavy (non-hydrogen) atoms. The Morgan fingerprint density at radius 1 is 0.413 bits per heavy atom. The average Bonchev–Trinajstić information content (AvgIpc) is 3.24. The summed E-state index contributed by atoms with van der Waals surface area (Å²) in [5.41, 5.74) is 1.16. The number of carboxylic acid groups (broad SMARTS) is 3. The van der Waals surface area contributed by atoms with E-state index in [0.29, 0.717) is 45.6 Å². The Bertz CT molecular complexity index is 2140. The average molecular weight is 1040 g/mol. The number of hydrogen-bond donors (Lipinski definition) is 3. The third kappa shape index (κ3) is 19.2. The molecule has 3 N–H and O–H groups in total. The molecule has 9 heteroatoms. The van der Waals surface area contributed by atoms with Gasteiger partial charge in [-0.2, -0.15) is 0 Å². The molecule has 0 saturated heterocycles. The second-order valence-corrected chi connectivity index (χ2v) is 28.0. The van der Waals surface area contributed by atoms with Gasteiger partial charge in [-0.25, -0.2) is 0 Å². The lowest BCUT2D eigenvalue weighted by atomic mass is 9.66. The molecule has 0 saturated carbocycles. The number of carbonyl (C=O) groups is 3. The summed E-state index contributed by atoms with van der Waals surface area (Å²) >= 11 is 0. The first-order valence-corrected chi connectivity index (χ1v) is 28.5. The molecule has 0 aliphatic heterocycles. The maximum atomic E-state index is 13.5. The quantitative estimate of drug-likeness (QED) is 0.0736. The maximum Gasteiger partial charge on any atom is 0.123 e. The number of aliphatic carboxylic acids is 3. The molecule has 0 aliphatic rings. The summed E-state index contributed by atoms with van der Waals surface area (Å²) in [5.74, 6) is -3.76. The number of rotatable bonds is 24. The largest absolute Gasteiger partial charge is 0.550 e. The summed E-state index contributed by atoms with van der Waals surface area (Å²) in [6.45, 7) is 38.0. The molecule has 0 bridgehead atoms. The minimum Gasteiger partial charge on any atom is -0.550 e. The van der Waals surface area contributed by atoms with Crippen LogP contribution in [0.25, 0.3) is 0 Å². The first-order valence-electron chi connectivity index (χ1n) is 28.5. The van der Waals surface area contributed by atoms with Crippen molar-refractivity contribution in [1.29, 1.82) is 0 Å². The fourth-order valence-corrected chi connectivity index (χ4v) is 10.3. The molecule has 0 amide bonds. The molecule has 3 aromatic rings. The molecule has 3 rings (SSSR count). The molecule has 1 atom stereocenters. The molecule has 0 aromatic heterocycles. The van der Waals surface area contributed by atoms with E-state index < -0.39 is 50.9 Å². The highest BCUT2D eigenvalue weighted by molar-refractivity contribution is 5.86. The zero-order valence-electron chi connectivity index (χ0n) is 50.6. The van der Waals surface area contributed by atoms with Gasteiger partial charge in [0.25, 0.3) is 0 Å². The molecule has 424 valence electrons. The number of benzene rings is 3. The van der Waals surface area contributed by atoms with Gasteiger partial charge in [-0.3, -0.25) is 0 Å². The highest BCUT2D eigenvalue weighted by atomic mass is 16.4. The van der Waals surface area contributed by atoms with Crippen LogP contribution >= 0.6 is 0 Å². The fourth-order valence-electron chi connectivity index (χ4n) is 10.3. The third-order valence-electron chi connectivity index (χ3n) is 15.0. The van der Waals surface area contributed by atoms with Gasteiger partial charge in [-0.05, 0) is 108 Å². The van der Waals surface area contributed by atoms with Crippen LogP contribution in [0.5, 0.6) is 17.2 Å². The lowest BCUT2D eigenvalue weighted by Crippen LogP contribution is -2.47. The van der Waals surface area contributed by atoms with Crippen molar-refractivity contribution < 1.29 is 45.0 Å². The highest BCUT2D eigenvalue weighted by Gasteiger charge is 2.41. The summed E-state index contributed by atoms with van der Waals surface area (Å²) < 4.78 is 0. The predicted octanol–water partition coefficient (Wildman–Crippen LogP) is 13.9. The minimum absolute atomic E-state index is 0.0312. The first kappa shape index (κ1) is 66.6. The molecule has 0 spiro atoms. The van der Waals surface area contributed by atoms with E-state index >= 15 is 0 Å². The normalized spacial score (nSPS) is 13.3. The fraction of sp³-hybridized carbons (Fsp3) is 0.682. The van der Waals surface area contributed by atoms with Crippen molar-refractivity contribution in [3.63, 3.8) is 0 Å². The monoisotopic (exact) mass is 1040 g/mol. The van der Waals surface area contributed by atoms with Crippen molar-refractivity contribution in [3.8, 4) is 17.2 Å². The van der Waals surface area contributed by atoms with E-state index in [9.17, 15) is 45.0 Å². The number of aromatic hydroxyl groups is 3. The third-order valence-corrected chi connectivity index (χ3v) is 15.0. The van der Waals surface area contributed by atoms with Crippen LogP contribution in [-0.4, -0.2) is 33.2 Å². The van der Waals surface area contributed by atoms with Gasteiger partial charge < -0.3 is 45.0 Å². The molecule has 0 radical (unpaired) electrons. The molecule has 0 heterocycles. The number of carboxylic acids is 3. The maximum absolute atomic E-state index is 13.5. The van der Waals surface area contributed by atoms with Crippen LogP contribution in [0.2, 0.25) is 0 Å². The Labute approximate surface area is 455 Å². The van der Waals surface area contributed by atoms with Crippen LogP contribution in [0.15, 0.2) is 36.4 Å². The Hall–Kier alpha value is -4.53. The predicted molar refractivity (Wildman–Crippen MR) is 304 cm³/mol.